The average molecular weight is 283 g/mol. The van der Waals surface area contributed by atoms with Crippen molar-refractivity contribution in [3.63, 3.8) is 0 Å². The van der Waals surface area contributed by atoms with E-state index in [0.29, 0.717) is 11.5 Å². The summed E-state index contributed by atoms with van der Waals surface area (Å²) in [6, 6.07) is 0.660. The summed E-state index contributed by atoms with van der Waals surface area (Å²) in [6.07, 6.45) is 5.66. The summed E-state index contributed by atoms with van der Waals surface area (Å²) >= 11 is 0. The van der Waals surface area contributed by atoms with E-state index in [1.165, 1.54) is 45.3 Å². The van der Waals surface area contributed by atoms with Crippen molar-refractivity contribution in [3.8, 4) is 0 Å². The molecule has 1 N–H and O–H groups in total. The predicted molar refractivity (Wildman–Crippen MR) is 90.2 cm³/mol. The fourth-order valence-electron chi connectivity index (χ4n) is 3.88. The second-order valence-electron chi connectivity index (χ2n) is 7.90. The lowest BCUT2D eigenvalue weighted by atomic mass is 9.69. The normalized spacial score (nSPS) is 27.8. The van der Waals surface area contributed by atoms with Gasteiger partial charge in [0.25, 0.3) is 0 Å². The van der Waals surface area contributed by atoms with E-state index in [1.807, 2.05) is 0 Å². The van der Waals surface area contributed by atoms with E-state index in [-0.39, 0.29) is 0 Å². The highest BCUT2D eigenvalue weighted by atomic mass is 15.2. The maximum Gasteiger partial charge on any atom is 0.00531 e. The zero-order chi connectivity index (χ0) is 15.2. The van der Waals surface area contributed by atoms with Crippen molar-refractivity contribution in [2.24, 2.45) is 17.3 Å². The molecule has 2 unspecified atom stereocenters. The molecule has 1 fully saturated rings. The molecule has 1 aliphatic rings. The predicted octanol–water partition coefficient (Wildman–Crippen LogP) is 4.16. The van der Waals surface area contributed by atoms with E-state index in [4.69, 9.17) is 0 Å². The van der Waals surface area contributed by atoms with E-state index in [1.54, 1.807) is 0 Å². The quantitative estimate of drug-likeness (QED) is 0.719. The molecular weight excluding hydrogens is 244 g/mol. The third-order valence-corrected chi connectivity index (χ3v) is 4.80. The minimum Gasteiger partial charge on any atom is -0.316 e. The lowest BCUT2D eigenvalue weighted by molar-refractivity contribution is 0.0588. The first-order valence-electron chi connectivity index (χ1n) is 8.83. The van der Waals surface area contributed by atoms with Crippen LogP contribution in [0.15, 0.2) is 0 Å². The SMILES string of the molecule is CCNCC1(CN(CC(C)C)C(C)C)CCCC(C)C1. The van der Waals surface area contributed by atoms with Crippen molar-refractivity contribution >= 4 is 0 Å². The fraction of sp³-hybridized carbons (Fsp3) is 1.00. The first-order valence-corrected chi connectivity index (χ1v) is 8.83. The maximum atomic E-state index is 3.65. The van der Waals surface area contributed by atoms with Gasteiger partial charge in [0.05, 0.1) is 0 Å². The molecule has 20 heavy (non-hydrogen) atoms. The Balaban J connectivity index is 2.75. The molecule has 0 spiro atoms. The van der Waals surface area contributed by atoms with Crippen LogP contribution in [0, 0.1) is 17.3 Å². The van der Waals surface area contributed by atoms with Gasteiger partial charge >= 0.3 is 0 Å². The van der Waals surface area contributed by atoms with Crippen molar-refractivity contribution in [1.82, 2.24) is 10.2 Å². The Bertz CT molecular complexity index is 262. The molecule has 0 radical (unpaired) electrons. The van der Waals surface area contributed by atoms with Gasteiger partial charge in [-0.1, -0.05) is 40.5 Å². The summed E-state index contributed by atoms with van der Waals surface area (Å²) in [5.74, 6) is 1.66. The molecule has 2 atom stereocenters. The summed E-state index contributed by atoms with van der Waals surface area (Å²) in [4.78, 5) is 2.72. The molecule has 0 aromatic carbocycles. The third-order valence-electron chi connectivity index (χ3n) is 4.80. The number of hydrogen-bond acceptors (Lipinski definition) is 2. The van der Waals surface area contributed by atoms with Gasteiger partial charge in [-0.15, -0.1) is 0 Å². The topological polar surface area (TPSA) is 15.3 Å². The van der Waals surface area contributed by atoms with Crippen LogP contribution in [-0.4, -0.2) is 37.1 Å². The van der Waals surface area contributed by atoms with Crippen LogP contribution in [0.1, 0.15) is 67.2 Å². The molecule has 0 bridgehead atoms. The van der Waals surface area contributed by atoms with Crippen molar-refractivity contribution in [1.29, 1.82) is 0 Å². The number of rotatable bonds is 8. The second kappa shape index (κ2) is 8.38. The van der Waals surface area contributed by atoms with Crippen molar-refractivity contribution in [2.75, 3.05) is 26.2 Å². The van der Waals surface area contributed by atoms with Gasteiger partial charge in [0.2, 0.25) is 0 Å². The van der Waals surface area contributed by atoms with Crippen LogP contribution in [0.4, 0.5) is 0 Å². The average Bonchev–Trinajstić information content (AvgIpc) is 2.35. The van der Waals surface area contributed by atoms with E-state index in [9.17, 15) is 0 Å². The minimum absolute atomic E-state index is 0.507. The first-order chi connectivity index (χ1) is 9.38. The van der Waals surface area contributed by atoms with Crippen LogP contribution in [0.2, 0.25) is 0 Å². The maximum absolute atomic E-state index is 3.65. The van der Waals surface area contributed by atoms with E-state index in [0.717, 1.165) is 18.4 Å². The van der Waals surface area contributed by atoms with Gasteiger partial charge in [-0.2, -0.15) is 0 Å². The molecule has 0 aliphatic heterocycles. The van der Waals surface area contributed by atoms with Crippen LogP contribution in [-0.2, 0) is 0 Å². The van der Waals surface area contributed by atoms with Crippen LogP contribution < -0.4 is 5.32 Å². The molecule has 1 aliphatic carbocycles. The van der Waals surface area contributed by atoms with Gasteiger partial charge in [-0.3, -0.25) is 0 Å². The van der Waals surface area contributed by atoms with Crippen molar-refractivity contribution in [2.45, 2.75) is 73.3 Å². The molecule has 0 heterocycles. The van der Waals surface area contributed by atoms with Crippen LogP contribution in [0.5, 0.6) is 0 Å². The van der Waals surface area contributed by atoms with Gasteiger partial charge in [0.15, 0.2) is 0 Å². The van der Waals surface area contributed by atoms with E-state index in [2.05, 4.69) is 51.8 Å². The highest BCUT2D eigenvalue weighted by molar-refractivity contribution is 4.90. The summed E-state index contributed by atoms with van der Waals surface area (Å²) in [5, 5.41) is 3.65. The zero-order valence-electron chi connectivity index (χ0n) is 14.8. The summed E-state index contributed by atoms with van der Waals surface area (Å²) in [5.41, 5.74) is 0.507. The van der Waals surface area contributed by atoms with Crippen LogP contribution >= 0.6 is 0 Å². The Morgan fingerprint density at radius 2 is 1.95 bits per heavy atom. The summed E-state index contributed by atoms with van der Waals surface area (Å²) in [6.45, 7) is 18.9. The standard InChI is InChI=1S/C18H38N2/c1-7-19-13-18(10-8-9-17(6)11-18)14-20(16(4)5)12-15(2)3/h15-17,19H,7-14H2,1-6H3. The summed E-state index contributed by atoms with van der Waals surface area (Å²) in [7, 11) is 0. The summed E-state index contributed by atoms with van der Waals surface area (Å²) < 4.78 is 0. The van der Waals surface area contributed by atoms with Crippen LogP contribution in [0.25, 0.3) is 0 Å². The lowest BCUT2D eigenvalue weighted by Crippen LogP contribution is -2.49. The van der Waals surface area contributed by atoms with Gasteiger partial charge in [0, 0.05) is 25.7 Å². The van der Waals surface area contributed by atoms with Gasteiger partial charge < -0.3 is 10.2 Å². The monoisotopic (exact) mass is 282 g/mol. The van der Waals surface area contributed by atoms with Crippen molar-refractivity contribution in [3.05, 3.63) is 0 Å². The van der Waals surface area contributed by atoms with Gasteiger partial charge in [-0.05, 0) is 50.5 Å². The number of nitrogens with zero attached hydrogens (tertiary/aromatic N) is 1. The van der Waals surface area contributed by atoms with Crippen molar-refractivity contribution < 1.29 is 0 Å². The molecule has 0 aromatic rings. The Morgan fingerprint density at radius 3 is 2.45 bits per heavy atom. The fourth-order valence-corrected chi connectivity index (χ4v) is 3.88. The minimum atomic E-state index is 0.507. The Hall–Kier alpha value is -0.0800. The number of hydrogen-bond donors (Lipinski definition) is 1. The van der Waals surface area contributed by atoms with Gasteiger partial charge in [-0.25, -0.2) is 0 Å². The molecule has 1 rings (SSSR count). The highest BCUT2D eigenvalue weighted by Gasteiger charge is 2.36. The Morgan fingerprint density at radius 1 is 1.25 bits per heavy atom. The molecule has 2 heteroatoms. The molecule has 2 nitrogen and oxygen atoms in total. The Kier molecular flexibility index (Phi) is 7.53. The highest BCUT2D eigenvalue weighted by Crippen LogP contribution is 2.40. The third kappa shape index (κ3) is 5.73. The lowest BCUT2D eigenvalue weighted by Gasteiger charge is -2.45. The molecule has 0 amide bonds. The second-order valence-corrected chi connectivity index (χ2v) is 7.90. The molecule has 0 saturated heterocycles. The number of nitrogens with one attached hydrogen (secondary N) is 1. The Labute approximate surface area is 127 Å². The van der Waals surface area contributed by atoms with E-state index >= 15 is 0 Å². The smallest absolute Gasteiger partial charge is 0.00531 e. The van der Waals surface area contributed by atoms with Crippen LogP contribution in [0.3, 0.4) is 0 Å². The first kappa shape index (κ1) is 18.0. The zero-order valence-corrected chi connectivity index (χ0v) is 14.8. The van der Waals surface area contributed by atoms with Gasteiger partial charge in [0.1, 0.15) is 0 Å². The molecular formula is C18H38N2. The molecule has 1 saturated carbocycles. The van der Waals surface area contributed by atoms with E-state index < -0.39 is 0 Å². The largest absolute Gasteiger partial charge is 0.316 e. The molecule has 0 aromatic heterocycles. The molecule has 120 valence electrons.